The fourth-order valence-corrected chi connectivity index (χ4v) is 1.15. The van der Waals surface area contributed by atoms with Crippen LogP contribution in [0, 0.1) is 5.92 Å². The van der Waals surface area contributed by atoms with Crippen molar-refractivity contribution in [1.82, 2.24) is 5.32 Å². The molecule has 92 valence electrons. The van der Waals surface area contributed by atoms with E-state index in [-0.39, 0.29) is 11.6 Å². The fourth-order valence-electron chi connectivity index (χ4n) is 1.15. The summed E-state index contributed by atoms with van der Waals surface area (Å²) >= 11 is 0. The molecule has 0 aliphatic heterocycles. The van der Waals surface area contributed by atoms with E-state index in [0.717, 1.165) is 13.2 Å². The molecule has 0 aliphatic rings. The Morgan fingerprint density at radius 2 is 1.73 bits per heavy atom. The van der Waals surface area contributed by atoms with Crippen LogP contribution in [0.15, 0.2) is 0 Å². The van der Waals surface area contributed by atoms with E-state index >= 15 is 0 Å². The fraction of sp³-hybridized carbons (Fsp3) is 1.00. The topological polar surface area (TPSA) is 30.5 Å². The third-order valence-corrected chi connectivity index (χ3v) is 2.05. The van der Waals surface area contributed by atoms with Gasteiger partial charge in [-0.25, -0.2) is 0 Å². The predicted octanol–water partition coefficient (Wildman–Crippen LogP) is 2.06. The first kappa shape index (κ1) is 14.9. The van der Waals surface area contributed by atoms with Crippen molar-refractivity contribution in [3.63, 3.8) is 0 Å². The van der Waals surface area contributed by atoms with Gasteiger partial charge in [0.25, 0.3) is 0 Å². The van der Waals surface area contributed by atoms with Gasteiger partial charge in [0.1, 0.15) is 0 Å². The van der Waals surface area contributed by atoms with Crippen molar-refractivity contribution in [1.29, 1.82) is 0 Å². The molecule has 0 saturated heterocycles. The summed E-state index contributed by atoms with van der Waals surface area (Å²) in [5.41, 5.74) is 0.187. The van der Waals surface area contributed by atoms with Gasteiger partial charge in [0.15, 0.2) is 0 Å². The van der Waals surface area contributed by atoms with Crippen molar-refractivity contribution in [2.75, 3.05) is 26.9 Å². The molecule has 0 bridgehead atoms. The van der Waals surface area contributed by atoms with Crippen LogP contribution >= 0.6 is 0 Å². The van der Waals surface area contributed by atoms with Crippen LogP contribution in [0.25, 0.3) is 0 Å². The lowest BCUT2D eigenvalue weighted by Gasteiger charge is -2.24. The van der Waals surface area contributed by atoms with Gasteiger partial charge in [-0.05, 0) is 33.6 Å². The lowest BCUT2D eigenvalue weighted by atomic mass is 10.1. The van der Waals surface area contributed by atoms with Gasteiger partial charge in [-0.2, -0.15) is 0 Å². The second-order valence-corrected chi connectivity index (χ2v) is 5.34. The Balaban J connectivity index is 3.53. The van der Waals surface area contributed by atoms with Crippen molar-refractivity contribution in [3.05, 3.63) is 0 Å². The number of hydrogen-bond acceptors (Lipinski definition) is 3. The number of methoxy groups -OCH3 is 1. The Morgan fingerprint density at radius 1 is 1.13 bits per heavy atom. The van der Waals surface area contributed by atoms with E-state index in [4.69, 9.17) is 9.47 Å². The lowest BCUT2D eigenvalue weighted by Crippen LogP contribution is -2.39. The van der Waals surface area contributed by atoms with E-state index in [1.54, 1.807) is 7.11 Å². The average molecular weight is 217 g/mol. The third kappa shape index (κ3) is 10.2. The molecule has 1 N–H and O–H groups in total. The van der Waals surface area contributed by atoms with Gasteiger partial charge in [0.2, 0.25) is 0 Å². The summed E-state index contributed by atoms with van der Waals surface area (Å²) in [6.07, 6.45) is 0.187. The minimum Gasteiger partial charge on any atom is -0.382 e. The minimum atomic E-state index is 0.187. The molecule has 0 fully saturated rings. The van der Waals surface area contributed by atoms with Crippen molar-refractivity contribution in [3.8, 4) is 0 Å². The summed E-state index contributed by atoms with van der Waals surface area (Å²) in [6, 6.07) is 0. The van der Waals surface area contributed by atoms with Gasteiger partial charge >= 0.3 is 0 Å². The smallest absolute Gasteiger partial charge is 0.0780 e. The van der Waals surface area contributed by atoms with Crippen molar-refractivity contribution < 1.29 is 9.47 Å². The highest BCUT2D eigenvalue weighted by atomic mass is 16.5. The standard InChI is InChI=1S/C12H27NO2/c1-10(7-13-12(3,4)5)8-15-11(2)9-14-6/h10-11,13H,7-9H2,1-6H3. The summed E-state index contributed by atoms with van der Waals surface area (Å²) < 4.78 is 10.7. The number of nitrogens with one attached hydrogen (secondary N) is 1. The maximum atomic E-state index is 5.64. The largest absolute Gasteiger partial charge is 0.382 e. The maximum absolute atomic E-state index is 5.64. The molecule has 2 unspecified atom stereocenters. The van der Waals surface area contributed by atoms with Crippen LogP contribution < -0.4 is 5.32 Å². The summed E-state index contributed by atoms with van der Waals surface area (Å²) in [5.74, 6) is 0.531. The number of hydrogen-bond donors (Lipinski definition) is 1. The zero-order valence-corrected chi connectivity index (χ0v) is 11.1. The molecule has 2 atom stereocenters. The molecule has 0 heterocycles. The quantitative estimate of drug-likeness (QED) is 0.708. The SMILES string of the molecule is COCC(C)OCC(C)CNC(C)(C)C. The molecule has 0 aromatic heterocycles. The highest BCUT2D eigenvalue weighted by Crippen LogP contribution is 2.03. The molecule has 0 aromatic carbocycles. The van der Waals surface area contributed by atoms with Crippen molar-refractivity contribution in [2.45, 2.75) is 46.3 Å². The maximum Gasteiger partial charge on any atom is 0.0780 e. The predicted molar refractivity (Wildman–Crippen MR) is 64.2 cm³/mol. The van der Waals surface area contributed by atoms with Crippen LogP contribution in [0.2, 0.25) is 0 Å². The summed E-state index contributed by atoms with van der Waals surface area (Å²) in [6.45, 7) is 13.2. The van der Waals surface area contributed by atoms with Crippen LogP contribution in [0.4, 0.5) is 0 Å². The van der Waals surface area contributed by atoms with Gasteiger partial charge in [-0.15, -0.1) is 0 Å². The van der Waals surface area contributed by atoms with Gasteiger partial charge in [-0.3, -0.25) is 0 Å². The normalized spacial score (nSPS) is 16.4. The molecule has 3 heteroatoms. The Labute approximate surface area is 94.5 Å². The molecule has 15 heavy (non-hydrogen) atoms. The molecule has 0 aliphatic carbocycles. The van der Waals surface area contributed by atoms with E-state index in [1.807, 2.05) is 6.92 Å². The van der Waals surface area contributed by atoms with Crippen molar-refractivity contribution in [2.24, 2.45) is 5.92 Å². The molecule has 0 amide bonds. The van der Waals surface area contributed by atoms with E-state index in [9.17, 15) is 0 Å². The third-order valence-electron chi connectivity index (χ3n) is 2.05. The zero-order chi connectivity index (χ0) is 11.9. The van der Waals surface area contributed by atoms with E-state index in [2.05, 4.69) is 33.0 Å². The minimum absolute atomic E-state index is 0.187. The highest BCUT2D eigenvalue weighted by molar-refractivity contribution is 4.71. The lowest BCUT2D eigenvalue weighted by molar-refractivity contribution is -0.00476. The van der Waals surface area contributed by atoms with Crippen molar-refractivity contribution >= 4 is 0 Å². The van der Waals surface area contributed by atoms with Crippen LogP contribution in [0.3, 0.4) is 0 Å². The van der Waals surface area contributed by atoms with Gasteiger partial charge in [0.05, 0.1) is 19.3 Å². The molecule has 0 aromatic rings. The second-order valence-electron chi connectivity index (χ2n) is 5.34. The van der Waals surface area contributed by atoms with E-state index < -0.39 is 0 Å². The molecule has 0 radical (unpaired) electrons. The number of rotatable bonds is 7. The van der Waals surface area contributed by atoms with Gasteiger partial charge in [-0.1, -0.05) is 6.92 Å². The zero-order valence-electron chi connectivity index (χ0n) is 11.1. The van der Waals surface area contributed by atoms with Gasteiger partial charge < -0.3 is 14.8 Å². The monoisotopic (exact) mass is 217 g/mol. The first-order valence-corrected chi connectivity index (χ1v) is 5.70. The summed E-state index contributed by atoms with van der Waals surface area (Å²) in [4.78, 5) is 0. The van der Waals surface area contributed by atoms with Crippen LogP contribution in [0.1, 0.15) is 34.6 Å². The molecule has 0 rings (SSSR count). The first-order chi connectivity index (χ1) is 6.85. The molecular weight excluding hydrogens is 190 g/mol. The van der Waals surface area contributed by atoms with Crippen LogP contribution in [-0.2, 0) is 9.47 Å². The van der Waals surface area contributed by atoms with E-state index in [0.29, 0.717) is 12.5 Å². The second kappa shape index (κ2) is 7.20. The highest BCUT2D eigenvalue weighted by Gasteiger charge is 2.12. The molecule has 3 nitrogen and oxygen atoms in total. The Hall–Kier alpha value is -0.120. The Kier molecular flexibility index (Phi) is 7.14. The first-order valence-electron chi connectivity index (χ1n) is 5.70. The van der Waals surface area contributed by atoms with Crippen LogP contribution in [0.5, 0.6) is 0 Å². The molecule has 0 spiro atoms. The molecular formula is C12H27NO2. The van der Waals surface area contributed by atoms with E-state index in [1.165, 1.54) is 0 Å². The summed E-state index contributed by atoms with van der Waals surface area (Å²) in [5, 5.41) is 3.47. The Morgan fingerprint density at radius 3 is 2.20 bits per heavy atom. The average Bonchev–Trinajstić information content (AvgIpc) is 2.11. The number of ether oxygens (including phenoxy) is 2. The molecule has 0 saturated carbocycles. The Bertz CT molecular complexity index is 154. The van der Waals surface area contributed by atoms with Gasteiger partial charge in [0, 0.05) is 19.2 Å². The summed E-state index contributed by atoms with van der Waals surface area (Å²) in [7, 11) is 1.70. The van der Waals surface area contributed by atoms with Crippen LogP contribution in [-0.4, -0.2) is 38.5 Å².